The monoisotopic (exact) mass is 434 g/mol. The number of halogens is 1. The van der Waals surface area contributed by atoms with Gasteiger partial charge in [0, 0.05) is 17.9 Å². The fraction of sp³-hybridized carbons (Fsp3) is 0.208. The van der Waals surface area contributed by atoms with Crippen molar-refractivity contribution in [2.45, 2.75) is 27.3 Å². The largest absolute Gasteiger partial charge is 0.452 e. The first-order chi connectivity index (χ1) is 15.2. The van der Waals surface area contributed by atoms with E-state index in [4.69, 9.17) is 10.5 Å². The lowest BCUT2D eigenvalue weighted by Gasteiger charge is -2.14. The molecule has 32 heavy (non-hydrogen) atoms. The summed E-state index contributed by atoms with van der Waals surface area (Å²) < 4.78 is 20.1. The maximum absolute atomic E-state index is 13.2. The van der Waals surface area contributed by atoms with E-state index in [1.165, 1.54) is 18.2 Å². The summed E-state index contributed by atoms with van der Waals surface area (Å²) >= 11 is 0. The Kier molecular flexibility index (Phi) is 6.59. The third kappa shape index (κ3) is 4.62. The number of benzene rings is 2. The fourth-order valence-corrected chi connectivity index (χ4v) is 3.34. The van der Waals surface area contributed by atoms with Gasteiger partial charge in [-0.15, -0.1) is 0 Å². The van der Waals surface area contributed by atoms with Gasteiger partial charge >= 0.3 is 5.97 Å². The van der Waals surface area contributed by atoms with E-state index in [1.54, 1.807) is 42.7 Å². The number of nitrogens with one attached hydrogen (secondary N) is 1. The maximum atomic E-state index is 13.2. The highest BCUT2D eigenvalue weighted by Gasteiger charge is 2.21. The third-order valence-corrected chi connectivity index (χ3v) is 5.33. The van der Waals surface area contributed by atoms with Crippen LogP contribution < -0.4 is 11.1 Å². The molecule has 0 aliphatic rings. The highest BCUT2D eigenvalue weighted by Crippen LogP contribution is 2.27. The van der Waals surface area contributed by atoms with Crippen LogP contribution in [0.2, 0.25) is 0 Å². The molecule has 0 spiro atoms. The van der Waals surface area contributed by atoms with Gasteiger partial charge < -0.3 is 20.4 Å². The van der Waals surface area contributed by atoms with Crippen LogP contribution >= 0.6 is 0 Å². The molecule has 1 aromatic heterocycles. The van der Waals surface area contributed by atoms with Crippen molar-refractivity contribution in [3.05, 3.63) is 81.8 Å². The number of nitriles is 1. The molecular weight excluding hydrogens is 411 g/mol. The van der Waals surface area contributed by atoms with E-state index < -0.39 is 18.5 Å². The zero-order valence-corrected chi connectivity index (χ0v) is 18.0. The Morgan fingerprint density at radius 3 is 2.50 bits per heavy atom. The Morgan fingerprint density at radius 2 is 1.84 bits per heavy atom. The topological polar surface area (TPSA) is 110 Å². The fourth-order valence-electron chi connectivity index (χ4n) is 3.34. The number of aryl methyl sites for hydroxylation is 1. The predicted octanol–water partition coefficient (Wildman–Crippen LogP) is 3.85. The first-order valence-corrected chi connectivity index (χ1v) is 9.89. The van der Waals surface area contributed by atoms with Gasteiger partial charge in [0.1, 0.15) is 17.7 Å². The minimum atomic E-state index is -0.712. The Balaban J connectivity index is 1.78. The smallest absolute Gasteiger partial charge is 0.340 e. The standard InChI is InChI=1S/C24H23FN4O3/c1-14-5-4-6-19(22(14)27)24(31)32-13-21(30)28-23-20(11-26)15(2)16(3)29(23)12-17-7-9-18(25)10-8-17/h4-10H,12-13,27H2,1-3H3,(H,28,30). The summed E-state index contributed by atoms with van der Waals surface area (Å²) in [6.07, 6.45) is 0. The van der Waals surface area contributed by atoms with E-state index in [0.717, 1.165) is 22.4 Å². The molecule has 0 saturated carbocycles. The van der Waals surface area contributed by atoms with Crippen molar-refractivity contribution in [3.63, 3.8) is 0 Å². The summed E-state index contributed by atoms with van der Waals surface area (Å²) in [7, 11) is 0. The van der Waals surface area contributed by atoms with Gasteiger partial charge in [-0.2, -0.15) is 5.26 Å². The van der Waals surface area contributed by atoms with Crippen molar-refractivity contribution in [1.82, 2.24) is 4.57 Å². The van der Waals surface area contributed by atoms with Gasteiger partial charge in [0.2, 0.25) is 0 Å². The maximum Gasteiger partial charge on any atom is 0.340 e. The Labute approximate surface area is 185 Å². The lowest BCUT2D eigenvalue weighted by atomic mass is 10.1. The number of amides is 1. The summed E-state index contributed by atoms with van der Waals surface area (Å²) in [5, 5.41) is 12.3. The Morgan fingerprint density at radius 1 is 1.16 bits per heavy atom. The summed E-state index contributed by atoms with van der Waals surface area (Å²) in [6, 6.07) is 13.0. The van der Waals surface area contributed by atoms with E-state index in [1.807, 2.05) is 6.92 Å². The van der Waals surface area contributed by atoms with Crippen LogP contribution in [0.5, 0.6) is 0 Å². The van der Waals surface area contributed by atoms with E-state index in [0.29, 0.717) is 23.6 Å². The number of hydrogen-bond acceptors (Lipinski definition) is 5. The number of nitrogens with two attached hydrogens (primary N) is 1. The van der Waals surface area contributed by atoms with Gasteiger partial charge in [-0.25, -0.2) is 9.18 Å². The van der Waals surface area contributed by atoms with Crippen LogP contribution in [-0.2, 0) is 16.1 Å². The number of ether oxygens (including phenoxy) is 1. The number of para-hydroxylation sites is 1. The summed E-state index contributed by atoms with van der Waals surface area (Å²) in [5.41, 5.74) is 9.73. The number of hydrogen-bond donors (Lipinski definition) is 2. The molecule has 0 radical (unpaired) electrons. The molecule has 0 aliphatic heterocycles. The molecule has 7 nitrogen and oxygen atoms in total. The average molecular weight is 434 g/mol. The van der Waals surface area contributed by atoms with Crippen molar-refractivity contribution >= 4 is 23.4 Å². The predicted molar refractivity (Wildman–Crippen MR) is 119 cm³/mol. The SMILES string of the molecule is Cc1cccc(C(=O)OCC(=O)Nc2c(C#N)c(C)c(C)n2Cc2ccc(F)cc2)c1N. The van der Waals surface area contributed by atoms with Crippen LogP contribution in [-0.4, -0.2) is 23.1 Å². The Hall–Kier alpha value is -4.12. The van der Waals surface area contributed by atoms with E-state index in [-0.39, 0.29) is 11.4 Å². The highest BCUT2D eigenvalue weighted by molar-refractivity contribution is 5.98. The second-order valence-corrected chi connectivity index (χ2v) is 7.42. The second-order valence-electron chi connectivity index (χ2n) is 7.42. The first kappa shape index (κ1) is 22.6. The van der Waals surface area contributed by atoms with Crippen LogP contribution in [0.3, 0.4) is 0 Å². The van der Waals surface area contributed by atoms with Crippen LogP contribution in [0.15, 0.2) is 42.5 Å². The van der Waals surface area contributed by atoms with Crippen molar-refractivity contribution < 1.29 is 18.7 Å². The van der Waals surface area contributed by atoms with Crippen molar-refractivity contribution in [2.24, 2.45) is 0 Å². The second kappa shape index (κ2) is 9.35. The Bertz CT molecular complexity index is 1220. The molecule has 164 valence electrons. The van der Waals surface area contributed by atoms with Gasteiger partial charge in [-0.05, 0) is 55.7 Å². The summed E-state index contributed by atoms with van der Waals surface area (Å²) in [4.78, 5) is 24.9. The minimum Gasteiger partial charge on any atom is -0.452 e. The number of rotatable bonds is 6. The van der Waals surface area contributed by atoms with Gasteiger partial charge in [-0.1, -0.05) is 24.3 Å². The summed E-state index contributed by atoms with van der Waals surface area (Å²) in [5.74, 6) is -1.37. The van der Waals surface area contributed by atoms with Crippen LogP contribution in [0.1, 0.15) is 38.3 Å². The average Bonchev–Trinajstić information content (AvgIpc) is 2.99. The number of esters is 1. The molecule has 2 aromatic carbocycles. The molecule has 1 amide bonds. The molecule has 3 N–H and O–H groups in total. The molecule has 8 heteroatoms. The van der Waals surface area contributed by atoms with Gasteiger partial charge in [0.15, 0.2) is 6.61 Å². The molecule has 0 unspecified atom stereocenters. The molecule has 3 rings (SSSR count). The van der Waals surface area contributed by atoms with Crippen LogP contribution in [0.4, 0.5) is 15.9 Å². The zero-order chi connectivity index (χ0) is 23.4. The number of anilines is 2. The molecular formula is C24H23FN4O3. The molecule has 3 aromatic rings. The van der Waals surface area contributed by atoms with Gasteiger partial charge in [0.25, 0.3) is 5.91 Å². The molecule has 0 atom stereocenters. The van der Waals surface area contributed by atoms with Crippen LogP contribution in [0.25, 0.3) is 0 Å². The van der Waals surface area contributed by atoms with Gasteiger partial charge in [-0.3, -0.25) is 4.79 Å². The minimum absolute atomic E-state index is 0.182. The number of carbonyl (C=O) groups is 2. The normalized spacial score (nSPS) is 10.5. The number of nitrogens with zero attached hydrogens (tertiary/aromatic N) is 2. The van der Waals surface area contributed by atoms with Crippen molar-refractivity contribution in [1.29, 1.82) is 5.26 Å². The number of aromatic nitrogens is 1. The number of carbonyl (C=O) groups excluding carboxylic acids is 2. The van der Waals surface area contributed by atoms with Crippen molar-refractivity contribution in [3.8, 4) is 6.07 Å². The zero-order valence-electron chi connectivity index (χ0n) is 18.0. The lowest BCUT2D eigenvalue weighted by Crippen LogP contribution is -2.23. The quantitative estimate of drug-likeness (QED) is 0.452. The van der Waals surface area contributed by atoms with E-state index in [9.17, 15) is 19.2 Å². The number of nitrogen functional groups attached to an aromatic ring is 1. The lowest BCUT2D eigenvalue weighted by molar-refractivity contribution is -0.119. The third-order valence-electron chi connectivity index (χ3n) is 5.33. The van der Waals surface area contributed by atoms with E-state index in [2.05, 4.69) is 11.4 Å². The van der Waals surface area contributed by atoms with Crippen LogP contribution in [0, 0.1) is 37.9 Å². The molecule has 0 saturated heterocycles. The van der Waals surface area contributed by atoms with Crippen molar-refractivity contribution in [2.75, 3.05) is 17.7 Å². The molecule has 0 fully saturated rings. The van der Waals surface area contributed by atoms with Gasteiger partial charge in [0.05, 0.1) is 11.1 Å². The highest BCUT2D eigenvalue weighted by atomic mass is 19.1. The summed E-state index contributed by atoms with van der Waals surface area (Å²) in [6.45, 7) is 5.16. The first-order valence-electron chi connectivity index (χ1n) is 9.89. The van der Waals surface area contributed by atoms with E-state index >= 15 is 0 Å². The molecule has 1 heterocycles. The molecule has 0 aliphatic carbocycles. The molecule has 0 bridgehead atoms.